The number of nitrogens with one attached hydrogen (secondary N) is 2. The average molecular weight is 438 g/mol. The lowest BCUT2D eigenvalue weighted by atomic mass is 10.1. The fourth-order valence-electron chi connectivity index (χ4n) is 5.04. The molecule has 2 aliphatic heterocycles. The highest BCUT2D eigenvalue weighted by Gasteiger charge is 2.20. The monoisotopic (exact) mass is 437 g/mol. The van der Waals surface area contributed by atoms with E-state index in [-0.39, 0.29) is 0 Å². The molecule has 172 valence electrons. The topological polar surface area (TPSA) is 71.5 Å². The van der Waals surface area contributed by atoms with Crippen LogP contribution < -0.4 is 20.1 Å². The molecular weight excluding hydrogens is 402 g/mol. The van der Waals surface area contributed by atoms with Gasteiger partial charge in [-0.25, -0.2) is 4.98 Å². The van der Waals surface area contributed by atoms with Crippen LogP contribution in [0.1, 0.15) is 56.2 Å². The summed E-state index contributed by atoms with van der Waals surface area (Å²) >= 11 is 0. The standard InChI is InChI=1S/C25H35N5O2/c1-18-15-23(27-20-7-2-3-8-20)29-25(26-18)28-21-16-19-9-14-32-24(19)22(17-21)31-13-6-12-30-10-4-5-11-30/h15-17,20H,2-14H2,1H3,(H2,26,27,28,29). The maximum Gasteiger partial charge on any atom is 0.229 e. The molecule has 0 radical (unpaired) electrons. The summed E-state index contributed by atoms with van der Waals surface area (Å²) in [7, 11) is 0. The molecule has 2 aromatic rings. The fourth-order valence-corrected chi connectivity index (χ4v) is 5.04. The molecule has 1 aliphatic carbocycles. The van der Waals surface area contributed by atoms with E-state index in [1.54, 1.807) is 0 Å². The second kappa shape index (κ2) is 9.94. The molecule has 0 spiro atoms. The van der Waals surface area contributed by atoms with Crippen molar-refractivity contribution < 1.29 is 9.47 Å². The number of hydrogen-bond acceptors (Lipinski definition) is 7. The number of likely N-dealkylation sites (tertiary alicyclic amines) is 1. The summed E-state index contributed by atoms with van der Waals surface area (Å²) in [5.41, 5.74) is 3.08. The van der Waals surface area contributed by atoms with Crippen molar-refractivity contribution in [2.75, 3.05) is 43.5 Å². The maximum atomic E-state index is 6.18. The number of aryl methyl sites for hydroxylation is 1. The lowest BCUT2D eigenvalue weighted by molar-refractivity contribution is 0.251. The molecule has 3 heterocycles. The van der Waals surface area contributed by atoms with Gasteiger partial charge in [-0.3, -0.25) is 0 Å². The van der Waals surface area contributed by atoms with E-state index in [1.807, 2.05) is 19.1 Å². The Morgan fingerprint density at radius 2 is 1.94 bits per heavy atom. The van der Waals surface area contributed by atoms with Gasteiger partial charge < -0.3 is 25.0 Å². The molecule has 2 N–H and O–H groups in total. The third-order valence-electron chi connectivity index (χ3n) is 6.64. The molecule has 1 saturated heterocycles. The van der Waals surface area contributed by atoms with Crippen LogP contribution in [0.4, 0.5) is 17.5 Å². The van der Waals surface area contributed by atoms with Crippen LogP contribution in [0, 0.1) is 6.92 Å². The normalized spacial score (nSPS) is 18.5. The first-order valence-corrected chi connectivity index (χ1v) is 12.3. The second-order valence-electron chi connectivity index (χ2n) is 9.28. The first-order chi connectivity index (χ1) is 15.7. The van der Waals surface area contributed by atoms with Gasteiger partial charge >= 0.3 is 0 Å². The quantitative estimate of drug-likeness (QED) is 0.552. The molecule has 0 amide bonds. The predicted molar refractivity (Wildman–Crippen MR) is 127 cm³/mol. The van der Waals surface area contributed by atoms with E-state index in [0.717, 1.165) is 48.1 Å². The van der Waals surface area contributed by atoms with E-state index in [9.17, 15) is 0 Å². The van der Waals surface area contributed by atoms with Gasteiger partial charge in [0.15, 0.2) is 11.5 Å². The Labute approximate surface area is 190 Å². The highest BCUT2D eigenvalue weighted by atomic mass is 16.5. The summed E-state index contributed by atoms with van der Waals surface area (Å²) in [6.07, 6.45) is 9.62. The molecule has 1 aromatic heterocycles. The number of fused-ring (bicyclic) bond motifs is 1. The van der Waals surface area contributed by atoms with E-state index >= 15 is 0 Å². The summed E-state index contributed by atoms with van der Waals surface area (Å²) in [5.74, 6) is 3.23. The predicted octanol–water partition coefficient (Wildman–Crippen LogP) is 4.68. The molecule has 0 unspecified atom stereocenters. The molecule has 7 heteroatoms. The first kappa shape index (κ1) is 21.3. The van der Waals surface area contributed by atoms with Crippen LogP contribution in [-0.2, 0) is 6.42 Å². The van der Waals surface area contributed by atoms with E-state index < -0.39 is 0 Å². The average Bonchev–Trinajstić information content (AvgIpc) is 3.53. The third kappa shape index (κ3) is 5.26. The van der Waals surface area contributed by atoms with Crippen LogP contribution in [0.25, 0.3) is 0 Å². The zero-order valence-electron chi connectivity index (χ0n) is 19.2. The summed E-state index contributed by atoms with van der Waals surface area (Å²) in [5, 5.41) is 6.99. The van der Waals surface area contributed by atoms with Crippen LogP contribution >= 0.6 is 0 Å². The number of nitrogens with zero attached hydrogens (tertiary/aromatic N) is 3. The molecular formula is C25H35N5O2. The Bertz CT molecular complexity index is 923. The van der Waals surface area contributed by atoms with Crippen molar-refractivity contribution in [3.05, 3.63) is 29.5 Å². The number of ether oxygens (including phenoxy) is 2. The van der Waals surface area contributed by atoms with Gasteiger partial charge in [0.2, 0.25) is 5.95 Å². The zero-order valence-corrected chi connectivity index (χ0v) is 19.2. The van der Waals surface area contributed by atoms with Gasteiger partial charge in [-0.05, 0) is 58.2 Å². The van der Waals surface area contributed by atoms with Crippen molar-refractivity contribution in [2.45, 2.75) is 64.3 Å². The highest BCUT2D eigenvalue weighted by Crippen LogP contribution is 2.39. The molecule has 0 bridgehead atoms. The molecule has 5 rings (SSSR count). The molecule has 32 heavy (non-hydrogen) atoms. The molecule has 0 atom stereocenters. The molecule has 7 nitrogen and oxygen atoms in total. The highest BCUT2D eigenvalue weighted by molar-refractivity contribution is 5.64. The van der Waals surface area contributed by atoms with Crippen molar-refractivity contribution in [1.82, 2.24) is 14.9 Å². The number of aromatic nitrogens is 2. The molecule has 3 aliphatic rings. The minimum absolute atomic E-state index is 0.523. The molecule has 1 aromatic carbocycles. The van der Waals surface area contributed by atoms with Crippen molar-refractivity contribution >= 4 is 17.5 Å². The second-order valence-corrected chi connectivity index (χ2v) is 9.28. The Kier molecular flexibility index (Phi) is 6.62. The van der Waals surface area contributed by atoms with Crippen LogP contribution in [0.15, 0.2) is 18.2 Å². The summed E-state index contributed by atoms with van der Waals surface area (Å²) in [4.78, 5) is 11.9. The molecule has 2 fully saturated rings. The fraction of sp³-hybridized carbons (Fsp3) is 0.600. The van der Waals surface area contributed by atoms with Gasteiger partial charge in [0.05, 0.1) is 13.2 Å². The van der Waals surface area contributed by atoms with Crippen LogP contribution in [-0.4, -0.2) is 53.8 Å². The Morgan fingerprint density at radius 3 is 2.78 bits per heavy atom. The summed E-state index contributed by atoms with van der Waals surface area (Å²) in [6.45, 7) is 6.98. The first-order valence-electron chi connectivity index (χ1n) is 12.3. The lowest BCUT2D eigenvalue weighted by Gasteiger charge is -2.17. The van der Waals surface area contributed by atoms with Gasteiger partial charge in [0.25, 0.3) is 0 Å². The summed E-state index contributed by atoms with van der Waals surface area (Å²) < 4.78 is 12.1. The minimum atomic E-state index is 0.523. The van der Waals surface area contributed by atoms with Crippen LogP contribution in [0.3, 0.4) is 0 Å². The van der Waals surface area contributed by atoms with Crippen molar-refractivity contribution in [3.8, 4) is 11.5 Å². The van der Waals surface area contributed by atoms with Gasteiger partial charge in [0.1, 0.15) is 5.82 Å². The van der Waals surface area contributed by atoms with Gasteiger partial charge in [-0.1, -0.05) is 12.8 Å². The van der Waals surface area contributed by atoms with Gasteiger partial charge in [-0.2, -0.15) is 4.98 Å². The molecule has 1 saturated carbocycles. The smallest absolute Gasteiger partial charge is 0.229 e. The van der Waals surface area contributed by atoms with Gasteiger partial charge in [-0.15, -0.1) is 0 Å². The van der Waals surface area contributed by atoms with Crippen molar-refractivity contribution in [2.24, 2.45) is 0 Å². The summed E-state index contributed by atoms with van der Waals surface area (Å²) in [6, 6.07) is 6.70. The van der Waals surface area contributed by atoms with Gasteiger partial charge in [0, 0.05) is 48.1 Å². The van der Waals surface area contributed by atoms with Crippen molar-refractivity contribution in [3.63, 3.8) is 0 Å². The van der Waals surface area contributed by atoms with E-state index in [1.165, 1.54) is 57.2 Å². The van der Waals surface area contributed by atoms with Crippen LogP contribution in [0.2, 0.25) is 0 Å². The Balaban J connectivity index is 1.26. The number of benzene rings is 1. The lowest BCUT2D eigenvalue weighted by Crippen LogP contribution is -2.21. The minimum Gasteiger partial charge on any atom is -0.490 e. The maximum absolute atomic E-state index is 6.18. The zero-order chi connectivity index (χ0) is 21.8. The van der Waals surface area contributed by atoms with Crippen molar-refractivity contribution in [1.29, 1.82) is 0 Å². The van der Waals surface area contributed by atoms with Crippen LogP contribution in [0.5, 0.6) is 11.5 Å². The Morgan fingerprint density at radius 1 is 1.09 bits per heavy atom. The Hall–Kier alpha value is -2.54. The number of hydrogen-bond donors (Lipinski definition) is 2. The largest absolute Gasteiger partial charge is 0.490 e. The third-order valence-corrected chi connectivity index (χ3v) is 6.64. The number of rotatable bonds is 9. The SMILES string of the molecule is Cc1cc(NC2CCCC2)nc(Nc2cc3c(c(OCCCN4CCCC4)c2)OCC3)n1. The van der Waals surface area contributed by atoms with E-state index in [0.29, 0.717) is 25.2 Å². The van der Waals surface area contributed by atoms with E-state index in [2.05, 4.69) is 26.6 Å². The van der Waals surface area contributed by atoms with E-state index in [4.69, 9.17) is 14.5 Å². The number of anilines is 3.